The molecule has 3 aromatic heterocycles. The van der Waals surface area contributed by atoms with E-state index in [4.69, 9.17) is 20.9 Å². The van der Waals surface area contributed by atoms with E-state index in [1.807, 2.05) is 0 Å². The number of aromatic nitrogens is 4. The molecular weight excluding hydrogens is 534 g/mol. The molecule has 4 aromatic rings. The topological polar surface area (TPSA) is 132 Å². The molecular formula is C26H21ClF2N6O4. The number of aryl methyl sites for hydroxylation is 1. The molecule has 200 valence electrons. The van der Waals surface area contributed by atoms with Crippen molar-refractivity contribution in [2.75, 3.05) is 13.2 Å². The van der Waals surface area contributed by atoms with Crippen molar-refractivity contribution < 1.29 is 27.6 Å². The Morgan fingerprint density at radius 3 is 2.56 bits per heavy atom. The summed E-state index contributed by atoms with van der Waals surface area (Å²) in [4.78, 5) is 37.9. The molecule has 2 N–H and O–H groups in total. The Morgan fingerprint density at radius 2 is 1.95 bits per heavy atom. The first kappa shape index (κ1) is 26.3. The van der Waals surface area contributed by atoms with Crippen LogP contribution in [0.4, 0.5) is 8.78 Å². The van der Waals surface area contributed by atoms with E-state index in [9.17, 15) is 14.0 Å². The lowest BCUT2D eigenvalue weighted by molar-refractivity contribution is -0.147. The Kier molecular flexibility index (Phi) is 7.06. The fraction of sp³-hybridized carbons (Fsp3) is 0.231. The molecule has 0 bridgehead atoms. The summed E-state index contributed by atoms with van der Waals surface area (Å²) in [5.74, 6) is -2.33. The van der Waals surface area contributed by atoms with Crippen LogP contribution in [0.5, 0.6) is 0 Å². The van der Waals surface area contributed by atoms with Crippen LogP contribution in [-0.4, -0.2) is 50.7 Å². The third kappa shape index (κ3) is 5.20. The van der Waals surface area contributed by atoms with Gasteiger partial charge in [0.1, 0.15) is 11.6 Å². The zero-order valence-corrected chi connectivity index (χ0v) is 21.4. The number of ether oxygens (including phenoxy) is 1. The van der Waals surface area contributed by atoms with Gasteiger partial charge in [0.05, 0.1) is 36.1 Å². The predicted octanol–water partition coefficient (Wildman–Crippen LogP) is 3.81. The van der Waals surface area contributed by atoms with Crippen molar-refractivity contribution in [3.05, 3.63) is 82.7 Å². The SMILES string of the molecule is Cc1nc(-c2c(F)cc(Cl)cc2-c2cnc(C(C)NC(=O)C3(NC(=O)c4cccnc4)COC3)c(F)c2)no1. The molecule has 1 unspecified atom stereocenters. The lowest BCUT2D eigenvalue weighted by atomic mass is 9.94. The maximum atomic E-state index is 15.3. The quantitative estimate of drug-likeness (QED) is 0.352. The minimum absolute atomic E-state index is 0.0249. The van der Waals surface area contributed by atoms with Gasteiger partial charge in [0, 0.05) is 36.1 Å². The fourth-order valence-electron chi connectivity index (χ4n) is 4.10. The summed E-state index contributed by atoms with van der Waals surface area (Å²) in [5, 5.41) is 9.22. The molecule has 1 aromatic carbocycles. The van der Waals surface area contributed by atoms with Gasteiger partial charge in [0.25, 0.3) is 11.8 Å². The first-order valence-electron chi connectivity index (χ1n) is 11.7. The molecule has 1 atom stereocenters. The summed E-state index contributed by atoms with van der Waals surface area (Å²) < 4.78 is 40.4. The van der Waals surface area contributed by atoms with Crippen molar-refractivity contribution in [2.45, 2.75) is 25.4 Å². The second-order valence-electron chi connectivity index (χ2n) is 9.00. The molecule has 0 aliphatic carbocycles. The second kappa shape index (κ2) is 10.5. The highest BCUT2D eigenvalue weighted by Crippen LogP contribution is 2.36. The van der Waals surface area contributed by atoms with Crippen LogP contribution in [0.1, 0.15) is 34.9 Å². The molecule has 0 spiro atoms. The minimum Gasteiger partial charge on any atom is -0.375 e. The average Bonchev–Trinajstić information content (AvgIpc) is 3.31. The predicted molar refractivity (Wildman–Crippen MR) is 134 cm³/mol. The Labute approximate surface area is 225 Å². The number of halogens is 3. The van der Waals surface area contributed by atoms with Crippen LogP contribution in [0.15, 0.2) is 53.4 Å². The summed E-state index contributed by atoms with van der Waals surface area (Å²) in [6, 6.07) is 5.97. The van der Waals surface area contributed by atoms with Crippen molar-refractivity contribution in [3.8, 4) is 22.5 Å². The second-order valence-corrected chi connectivity index (χ2v) is 9.44. The molecule has 13 heteroatoms. The molecule has 0 radical (unpaired) electrons. The molecule has 1 aliphatic heterocycles. The minimum atomic E-state index is -1.33. The maximum absolute atomic E-state index is 15.3. The first-order valence-corrected chi connectivity index (χ1v) is 12.1. The van der Waals surface area contributed by atoms with E-state index >= 15 is 4.39 Å². The van der Waals surface area contributed by atoms with Gasteiger partial charge < -0.3 is 19.9 Å². The molecule has 4 heterocycles. The van der Waals surface area contributed by atoms with Crippen LogP contribution < -0.4 is 10.6 Å². The molecule has 39 heavy (non-hydrogen) atoms. The molecule has 1 fully saturated rings. The number of pyridine rings is 2. The number of nitrogens with zero attached hydrogens (tertiary/aromatic N) is 4. The van der Waals surface area contributed by atoms with Crippen molar-refractivity contribution in [1.29, 1.82) is 0 Å². The largest absolute Gasteiger partial charge is 0.375 e. The number of nitrogens with one attached hydrogen (secondary N) is 2. The van der Waals surface area contributed by atoms with E-state index in [-0.39, 0.29) is 57.9 Å². The van der Waals surface area contributed by atoms with Crippen molar-refractivity contribution >= 4 is 23.4 Å². The summed E-state index contributed by atoms with van der Waals surface area (Å²) in [6.45, 7) is 3.00. The Hall–Kier alpha value is -4.29. The highest BCUT2D eigenvalue weighted by atomic mass is 35.5. The van der Waals surface area contributed by atoms with Crippen LogP contribution in [0.25, 0.3) is 22.5 Å². The van der Waals surface area contributed by atoms with Gasteiger partial charge in [-0.15, -0.1) is 0 Å². The van der Waals surface area contributed by atoms with E-state index in [1.54, 1.807) is 26.0 Å². The van der Waals surface area contributed by atoms with Crippen molar-refractivity contribution in [1.82, 2.24) is 30.7 Å². The Balaban J connectivity index is 1.37. The number of carbonyl (C=O) groups is 2. The zero-order chi connectivity index (χ0) is 27.7. The van der Waals surface area contributed by atoms with Crippen LogP contribution in [-0.2, 0) is 9.53 Å². The third-order valence-electron chi connectivity index (χ3n) is 6.15. The fourth-order valence-corrected chi connectivity index (χ4v) is 4.30. The standard InChI is InChI=1S/C26H21ClF2N6O4/c1-13(32-25(37)26(11-38-12-26)34-24(36)15-4-3-5-30-9-15)22-20(29)6-16(10-31-22)18-7-17(27)8-19(28)21(18)23-33-14(2)39-35-23/h3-10,13H,11-12H2,1-2H3,(H,32,37)(H,34,36). The number of benzene rings is 1. The van der Waals surface area contributed by atoms with E-state index < -0.39 is 35.0 Å². The van der Waals surface area contributed by atoms with Gasteiger partial charge in [-0.25, -0.2) is 8.78 Å². The molecule has 1 saturated heterocycles. The number of hydrogen-bond donors (Lipinski definition) is 2. The van der Waals surface area contributed by atoms with Crippen molar-refractivity contribution in [2.24, 2.45) is 0 Å². The van der Waals surface area contributed by atoms with Gasteiger partial charge >= 0.3 is 0 Å². The number of hydrogen-bond acceptors (Lipinski definition) is 8. The zero-order valence-electron chi connectivity index (χ0n) is 20.7. The Morgan fingerprint density at radius 1 is 1.15 bits per heavy atom. The lowest BCUT2D eigenvalue weighted by Gasteiger charge is -2.40. The smallest absolute Gasteiger partial charge is 0.253 e. The molecule has 1 aliphatic rings. The average molecular weight is 555 g/mol. The van der Waals surface area contributed by atoms with Gasteiger partial charge in [0.15, 0.2) is 5.54 Å². The van der Waals surface area contributed by atoms with Gasteiger partial charge in [-0.3, -0.25) is 19.6 Å². The number of carbonyl (C=O) groups excluding carboxylic acids is 2. The van der Waals surface area contributed by atoms with Crippen LogP contribution in [0.2, 0.25) is 5.02 Å². The van der Waals surface area contributed by atoms with Crippen molar-refractivity contribution in [3.63, 3.8) is 0 Å². The van der Waals surface area contributed by atoms with E-state index in [0.717, 1.165) is 12.1 Å². The highest BCUT2D eigenvalue weighted by Gasteiger charge is 2.48. The number of amides is 2. The summed E-state index contributed by atoms with van der Waals surface area (Å²) in [5.41, 5.74) is -0.725. The molecule has 10 nitrogen and oxygen atoms in total. The number of rotatable bonds is 7. The third-order valence-corrected chi connectivity index (χ3v) is 6.37. The molecule has 0 saturated carbocycles. The van der Waals surface area contributed by atoms with Gasteiger partial charge in [0.2, 0.25) is 11.7 Å². The normalized spacial score (nSPS) is 14.8. The van der Waals surface area contributed by atoms with Gasteiger partial charge in [-0.1, -0.05) is 16.8 Å². The summed E-state index contributed by atoms with van der Waals surface area (Å²) >= 11 is 6.07. The highest BCUT2D eigenvalue weighted by molar-refractivity contribution is 6.31. The molecule has 5 rings (SSSR count). The lowest BCUT2D eigenvalue weighted by Crippen LogP contribution is -2.70. The van der Waals surface area contributed by atoms with E-state index in [1.165, 1.54) is 24.7 Å². The van der Waals surface area contributed by atoms with Gasteiger partial charge in [-0.2, -0.15) is 4.98 Å². The van der Waals surface area contributed by atoms with Gasteiger partial charge in [-0.05, 0) is 42.8 Å². The monoisotopic (exact) mass is 554 g/mol. The van der Waals surface area contributed by atoms with Crippen LogP contribution >= 0.6 is 11.6 Å². The molecule has 2 amide bonds. The first-order chi connectivity index (χ1) is 18.7. The maximum Gasteiger partial charge on any atom is 0.253 e. The van der Waals surface area contributed by atoms with E-state index in [2.05, 4.69) is 30.7 Å². The van der Waals surface area contributed by atoms with Crippen LogP contribution in [0, 0.1) is 18.6 Å². The van der Waals surface area contributed by atoms with E-state index in [0.29, 0.717) is 0 Å². The summed E-state index contributed by atoms with van der Waals surface area (Å²) in [7, 11) is 0. The Bertz CT molecular complexity index is 1560. The summed E-state index contributed by atoms with van der Waals surface area (Å²) in [6.07, 6.45) is 4.23. The van der Waals surface area contributed by atoms with Crippen LogP contribution in [0.3, 0.4) is 0 Å².